The topological polar surface area (TPSA) is 32.7 Å². The molecule has 0 saturated heterocycles. The third kappa shape index (κ3) is 4.12. The number of aromatic hydroxyl groups is 1. The van der Waals surface area contributed by atoms with Crippen LogP contribution >= 0.6 is 0 Å². The van der Waals surface area contributed by atoms with E-state index >= 15 is 0 Å². The van der Waals surface area contributed by atoms with Gasteiger partial charge >= 0.3 is 0 Å². The standard InChI is InChI=1S/C17H20FNO2/c1-3-9-21-16-8-7-13(17(20)11-16)12-19(2)15-6-4-5-14(18)10-15/h4-8,10-11,20H,3,9,12H2,1-2H3. The molecule has 3 nitrogen and oxygen atoms in total. The molecular weight excluding hydrogens is 269 g/mol. The maximum Gasteiger partial charge on any atom is 0.125 e. The zero-order chi connectivity index (χ0) is 15.2. The molecule has 0 spiro atoms. The number of hydrogen-bond acceptors (Lipinski definition) is 3. The van der Waals surface area contributed by atoms with Crippen molar-refractivity contribution in [3.63, 3.8) is 0 Å². The molecule has 0 aliphatic rings. The highest BCUT2D eigenvalue weighted by Crippen LogP contribution is 2.26. The molecule has 0 aliphatic heterocycles. The van der Waals surface area contributed by atoms with Crippen LogP contribution in [0.25, 0.3) is 0 Å². The molecule has 4 heteroatoms. The van der Waals surface area contributed by atoms with E-state index in [1.165, 1.54) is 12.1 Å². The summed E-state index contributed by atoms with van der Waals surface area (Å²) >= 11 is 0. The van der Waals surface area contributed by atoms with Gasteiger partial charge in [-0.05, 0) is 36.8 Å². The Labute approximate surface area is 124 Å². The van der Waals surface area contributed by atoms with Gasteiger partial charge in [0.2, 0.25) is 0 Å². The molecule has 0 atom stereocenters. The van der Waals surface area contributed by atoms with Gasteiger partial charge in [-0.25, -0.2) is 4.39 Å². The number of benzene rings is 2. The summed E-state index contributed by atoms with van der Waals surface area (Å²) in [5, 5.41) is 10.1. The predicted octanol–water partition coefficient (Wildman–Crippen LogP) is 3.96. The highest BCUT2D eigenvalue weighted by atomic mass is 19.1. The summed E-state index contributed by atoms with van der Waals surface area (Å²) in [4.78, 5) is 1.88. The minimum atomic E-state index is -0.271. The summed E-state index contributed by atoms with van der Waals surface area (Å²) < 4.78 is 18.7. The van der Waals surface area contributed by atoms with Gasteiger partial charge in [-0.1, -0.05) is 13.0 Å². The molecule has 2 aromatic carbocycles. The first kappa shape index (κ1) is 15.2. The average Bonchev–Trinajstić information content (AvgIpc) is 2.47. The molecular formula is C17H20FNO2. The van der Waals surface area contributed by atoms with E-state index in [1.807, 2.05) is 37.1 Å². The maximum absolute atomic E-state index is 13.2. The second-order valence-corrected chi connectivity index (χ2v) is 4.97. The van der Waals surface area contributed by atoms with Gasteiger partial charge in [0.25, 0.3) is 0 Å². The Balaban J connectivity index is 2.08. The van der Waals surface area contributed by atoms with Crippen LogP contribution in [0.4, 0.5) is 10.1 Å². The Hall–Kier alpha value is -2.23. The van der Waals surface area contributed by atoms with Crippen LogP contribution in [-0.2, 0) is 6.54 Å². The number of phenolic OH excluding ortho intramolecular Hbond substituents is 1. The lowest BCUT2D eigenvalue weighted by molar-refractivity contribution is 0.315. The normalized spacial score (nSPS) is 10.4. The maximum atomic E-state index is 13.2. The van der Waals surface area contributed by atoms with Crippen LogP contribution in [0.2, 0.25) is 0 Å². The molecule has 21 heavy (non-hydrogen) atoms. The zero-order valence-corrected chi connectivity index (χ0v) is 12.3. The first-order valence-electron chi connectivity index (χ1n) is 7.01. The van der Waals surface area contributed by atoms with E-state index in [4.69, 9.17) is 4.74 Å². The van der Waals surface area contributed by atoms with E-state index in [0.717, 1.165) is 17.7 Å². The predicted molar refractivity (Wildman–Crippen MR) is 82.4 cm³/mol. The van der Waals surface area contributed by atoms with Crippen LogP contribution in [0.5, 0.6) is 11.5 Å². The summed E-state index contributed by atoms with van der Waals surface area (Å²) in [7, 11) is 1.86. The van der Waals surface area contributed by atoms with Crippen molar-refractivity contribution in [2.24, 2.45) is 0 Å². The lowest BCUT2D eigenvalue weighted by Crippen LogP contribution is -2.16. The van der Waals surface area contributed by atoms with Crippen molar-refractivity contribution in [2.75, 3.05) is 18.6 Å². The number of hydrogen-bond donors (Lipinski definition) is 1. The molecule has 2 aromatic rings. The lowest BCUT2D eigenvalue weighted by atomic mass is 10.1. The second-order valence-electron chi connectivity index (χ2n) is 4.97. The third-order valence-corrected chi connectivity index (χ3v) is 3.19. The number of nitrogens with zero attached hydrogens (tertiary/aromatic N) is 1. The van der Waals surface area contributed by atoms with Crippen molar-refractivity contribution in [3.05, 3.63) is 53.8 Å². The van der Waals surface area contributed by atoms with Crippen LogP contribution in [0.3, 0.4) is 0 Å². The van der Waals surface area contributed by atoms with E-state index in [0.29, 0.717) is 18.9 Å². The highest BCUT2D eigenvalue weighted by Gasteiger charge is 2.08. The smallest absolute Gasteiger partial charge is 0.125 e. The summed E-state index contributed by atoms with van der Waals surface area (Å²) in [5.41, 5.74) is 1.53. The summed E-state index contributed by atoms with van der Waals surface area (Å²) in [6.07, 6.45) is 0.921. The summed E-state index contributed by atoms with van der Waals surface area (Å²) in [6.45, 7) is 3.15. The fourth-order valence-corrected chi connectivity index (χ4v) is 2.05. The number of halogens is 1. The van der Waals surface area contributed by atoms with Gasteiger partial charge in [0.1, 0.15) is 17.3 Å². The van der Waals surface area contributed by atoms with Crippen molar-refractivity contribution in [1.82, 2.24) is 0 Å². The van der Waals surface area contributed by atoms with Gasteiger partial charge in [0, 0.05) is 30.9 Å². The van der Waals surface area contributed by atoms with E-state index in [2.05, 4.69) is 0 Å². The Morgan fingerprint density at radius 1 is 1.19 bits per heavy atom. The van der Waals surface area contributed by atoms with E-state index < -0.39 is 0 Å². The molecule has 2 rings (SSSR count). The van der Waals surface area contributed by atoms with Crippen molar-refractivity contribution < 1.29 is 14.2 Å². The first-order chi connectivity index (χ1) is 10.1. The van der Waals surface area contributed by atoms with Crippen LogP contribution in [0.1, 0.15) is 18.9 Å². The van der Waals surface area contributed by atoms with Gasteiger partial charge in [-0.2, -0.15) is 0 Å². The Morgan fingerprint density at radius 3 is 2.67 bits per heavy atom. The van der Waals surface area contributed by atoms with E-state index in [-0.39, 0.29) is 11.6 Å². The van der Waals surface area contributed by atoms with Crippen molar-refractivity contribution >= 4 is 5.69 Å². The number of ether oxygens (including phenoxy) is 1. The highest BCUT2D eigenvalue weighted by molar-refractivity contribution is 5.48. The van der Waals surface area contributed by atoms with Crippen LogP contribution in [0.15, 0.2) is 42.5 Å². The zero-order valence-electron chi connectivity index (χ0n) is 12.3. The lowest BCUT2D eigenvalue weighted by Gasteiger charge is -2.20. The van der Waals surface area contributed by atoms with Gasteiger partial charge < -0.3 is 14.7 Å². The largest absolute Gasteiger partial charge is 0.507 e. The SMILES string of the molecule is CCCOc1ccc(CN(C)c2cccc(F)c2)c(O)c1. The molecule has 0 amide bonds. The Bertz CT molecular complexity index is 601. The Morgan fingerprint density at radius 2 is 2.00 bits per heavy atom. The fourth-order valence-electron chi connectivity index (χ4n) is 2.05. The molecule has 0 saturated carbocycles. The molecule has 1 N–H and O–H groups in total. The number of anilines is 1. The first-order valence-corrected chi connectivity index (χ1v) is 7.01. The monoisotopic (exact) mass is 289 g/mol. The second kappa shape index (κ2) is 6.97. The molecule has 0 heterocycles. The van der Waals surface area contributed by atoms with Crippen LogP contribution in [0, 0.1) is 5.82 Å². The van der Waals surface area contributed by atoms with E-state index in [1.54, 1.807) is 12.1 Å². The average molecular weight is 289 g/mol. The molecule has 112 valence electrons. The van der Waals surface area contributed by atoms with Crippen molar-refractivity contribution in [3.8, 4) is 11.5 Å². The minimum absolute atomic E-state index is 0.187. The number of rotatable bonds is 6. The molecule has 0 aromatic heterocycles. The summed E-state index contributed by atoms with van der Waals surface area (Å²) in [5.74, 6) is 0.574. The van der Waals surface area contributed by atoms with Crippen molar-refractivity contribution in [2.45, 2.75) is 19.9 Å². The summed E-state index contributed by atoms with van der Waals surface area (Å²) in [6, 6.07) is 11.7. The fraction of sp³-hybridized carbons (Fsp3) is 0.294. The van der Waals surface area contributed by atoms with E-state index in [9.17, 15) is 9.50 Å². The van der Waals surface area contributed by atoms with Gasteiger partial charge in [0.05, 0.1) is 6.61 Å². The molecule has 0 unspecified atom stereocenters. The molecule has 0 aliphatic carbocycles. The van der Waals surface area contributed by atoms with Gasteiger partial charge in [0.15, 0.2) is 0 Å². The number of phenols is 1. The molecule has 0 fully saturated rings. The third-order valence-electron chi connectivity index (χ3n) is 3.19. The van der Waals surface area contributed by atoms with Crippen LogP contribution < -0.4 is 9.64 Å². The van der Waals surface area contributed by atoms with Gasteiger partial charge in [-0.3, -0.25) is 0 Å². The molecule has 0 radical (unpaired) electrons. The van der Waals surface area contributed by atoms with Crippen molar-refractivity contribution in [1.29, 1.82) is 0 Å². The van der Waals surface area contributed by atoms with Gasteiger partial charge in [-0.15, -0.1) is 0 Å². The van der Waals surface area contributed by atoms with Crippen LogP contribution in [-0.4, -0.2) is 18.8 Å². The molecule has 0 bridgehead atoms. The minimum Gasteiger partial charge on any atom is -0.507 e. The Kier molecular flexibility index (Phi) is 5.04. The quantitative estimate of drug-likeness (QED) is 0.873.